The van der Waals surface area contributed by atoms with Crippen molar-refractivity contribution in [2.45, 2.75) is 19.9 Å². The van der Waals surface area contributed by atoms with E-state index in [0.29, 0.717) is 0 Å². The minimum Gasteiger partial charge on any atom is -0.315 e. The quantitative estimate of drug-likeness (QED) is 0.763. The van der Waals surface area contributed by atoms with Crippen LogP contribution in [0.4, 0.5) is 5.69 Å². The van der Waals surface area contributed by atoms with Gasteiger partial charge in [0.15, 0.2) is 0 Å². The second-order valence-corrected chi connectivity index (χ2v) is 8.10. The van der Waals surface area contributed by atoms with E-state index in [9.17, 15) is 13.2 Å². The number of nitrogens with zero attached hydrogens (tertiary/aromatic N) is 2. The molecule has 6 heteroatoms. The van der Waals surface area contributed by atoms with E-state index in [0.717, 1.165) is 16.8 Å². The highest BCUT2D eigenvalue weighted by Crippen LogP contribution is 2.14. The third-order valence-electron chi connectivity index (χ3n) is 4.04. The van der Waals surface area contributed by atoms with Crippen LogP contribution in [0.25, 0.3) is 0 Å². The molecule has 0 aliphatic carbocycles. The highest BCUT2D eigenvalue weighted by atomic mass is 32.2. The van der Waals surface area contributed by atoms with Crippen LogP contribution < -0.4 is 4.90 Å². The van der Waals surface area contributed by atoms with Gasteiger partial charge in [-0.15, -0.1) is 0 Å². The molecule has 0 N–H and O–H groups in total. The Balaban J connectivity index is 2.02. The maximum Gasteiger partial charge on any atom is 0.228 e. The molecule has 2 aromatic rings. The van der Waals surface area contributed by atoms with Crippen LogP contribution in [0.1, 0.15) is 17.5 Å². The number of carbonyl (C=O) groups excluding carboxylic acids is 1. The predicted octanol–water partition coefficient (Wildman–Crippen LogP) is 2.81. The Hall–Kier alpha value is -2.18. The molecule has 0 heterocycles. The maximum absolute atomic E-state index is 12.4. The molecule has 0 aliphatic rings. The molecule has 0 unspecified atom stereocenters. The van der Waals surface area contributed by atoms with Crippen molar-refractivity contribution in [2.75, 3.05) is 24.7 Å². The minimum atomic E-state index is -3.40. The van der Waals surface area contributed by atoms with Gasteiger partial charge in [-0.1, -0.05) is 48.0 Å². The zero-order valence-electron chi connectivity index (χ0n) is 14.8. The van der Waals surface area contributed by atoms with E-state index in [1.165, 1.54) is 10.6 Å². The topological polar surface area (TPSA) is 57.7 Å². The summed E-state index contributed by atoms with van der Waals surface area (Å²) in [5, 5.41) is 0. The van der Waals surface area contributed by atoms with Gasteiger partial charge >= 0.3 is 0 Å². The Morgan fingerprint density at radius 2 is 1.60 bits per heavy atom. The number of para-hydroxylation sites is 1. The first-order valence-electron chi connectivity index (χ1n) is 8.09. The zero-order valence-corrected chi connectivity index (χ0v) is 15.7. The largest absolute Gasteiger partial charge is 0.315 e. The lowest BCUT2D eigenvalue weighted by atomic mass is 10.1. The fourth-order valence-corrected chi connectivity index (χ4v) is 3.25. The highest BCUT2D eigenvalue weighted by molar-refractivity contribution is 7.88. The third kappa shape index (κ3) is 5.69. The van der Waals surface area contributed by atoms with Crippen molar-refractivity contribution >= 4 is 21.6 Å². The average molecular weight is 360 g/mol. The molecular weight excluding hydrogens is 336 g/mol. The number of benzene rings is 2. The average Bonchev–Trinajstić information content (AvgIpc) is 2.59. The van der Waals surface area contributed by atoms with E-state index in [4.69, 9.17) is 0 Å². The van der Waals surface area contributed by atoms with Crippen molar-refractivity contribution in [3.05, 3.63) is 65.7 Å². The first kappa shape index (κ1) is 19.1. The molecule has 0 bridgehead atoms. The summed E-state index contributed by atoms with van der Waals surface area (Å²) in [6.45, 7) is 2.40. The zero-order chi connectivity index (χ0) is 18.4. The molecule has 0 fully saturated rings. The van der Waals surface area contributed by atoms with Crippen LogP contribution in [0.2, 0.25) is 0 Å². The lowest BCUT2D eigenvalue weighted by molar-refractivity contribution is -0.118. The number of amides is 1. The van der Waals surface area contributed by atoms with E-state index < -0.39 is 10.0 Å². The summed E-state index contributed by atoms with van der Waals surface area (Å²) in [5.41, 5.74) is 2.81. The van der Waals surface area contributed by atoms with Crippen molar-refractivity contribution in [3.8, 4) is 0 Å². The fourth-order valence-electron chi connectivity index (χ4n) is 2.44. The lowest BCUT2D eigenvalue weighted by Crippen LogP contribution is -2.35. The number of carbonyl (C=O) groups is 1. The molecule has 0 aromatic heterocycles. The van der Waals surface area contributed by atoms with Crippen molar-refractivity contribution in [1.29, 1.82) is 0 Å². The number of rotatable bonds is 7. The first-order valence-corrected chi connectivity index (χ1v) is 9.94. The van der Waals surface area contributed by atoms with Gasteiger partial charge in [-0.3, -0.25) is 4.79 Å². The van der Waals surface area contributed by atoms with Crippen molar-refractivity contribution in [3.63, 3.8) is 0 Å². The van der Waals surface area contributed by atoms with Gasteiger partial charge < -0.3 is 4.90 Å². The van der Waals surface area contributed by atoms with Gasteiger partial charge in [0, 0.05) is 32.2 Å². The lowest BCUT2D eigenvalue weighted by Gasteiger charge is -2.22. The maximum atomic E-state index is 12.4. The van der Waals surface area contributed by atoms with E-state index in [2.05, 4.69) is 0 Å². The van der Waals surface area contributed by atoms with Gasteiger partial charge in [-0.25, -0.2) is 8.42 Å². The fraction of sp³-hybridized carbons (Fsp3) is 0.316. The predicted molar refractivity (Wildman–Crippen MR) is 101 cm³/mol. The highest BCUT2D eigenvalue weighted by Gasteiger charge is 2.20. The molecule has 1 amide bonds. The van der Waals surface area contributed by atoms with E-state index >= 15 is 0 Å². The van der Waals surface area contributed by atoms with Crippen LogP contribution in [0.5, 0.6) is 0 Å². The summed E-state index contributed by atoms with van der Waals surface area (Å²) in [6, 6.07) is 17.0. The Morgan fingerprint density at radius 3 is 2.16 bits per heavy atom. The molecule has 25 heavy (non-hydrogen) atoms. The molecule has 0 saturated heterocycles. The van der Waals surface area contributed by atoms with E-state index in [1.807, 2.05) is 61.5 Å². The van der Waals surface area contributed by atoms with Gasteiger partial charge in [0.05, 0.1) is 6.26 Å². The van der Waals surface area contributed by atoms with Crippen molar-refractivity contribution < 1.29 is 13.2 Å². The smallest absolute Gasteiger partial charge is 0.228 e. The van der Waals surface area contributed by atoms with Crippen LogP contribution in [-0.4, -0.2) is 38.5 Å². The molecule has 2 aromatic carbocycles. The van der Waals surface area contributed by atoms with Gasteiger partial charge in [-0.05, 0) is 24.6 Å². The molecule has 0 spiro atoms. The summed E-state index contributed by atoms with van der Waals surface area (Å²) in [4.78, 5) is 13.9. The van der Waals surface area contributed by atoms with Crippen LogP contribution in [0.15, 0.2) is 54.6 Å². The molecule has 2 rings (SSSR count). The Kier molecular flexibility index (Phi) is 6.33. The Bertz CT molecular complexity index is 802. The summed E-state index contributed by atoms with van der Waals surface area (Å²) in [5.74, 6) is -0.122. The normalized spacial score (nSPS) is 11.5. The van der Waals surface area contributed by atoms with Crippen LogP contribution >= 0.6 is 0 Å². The number of hydrogen-bond acceptors (Lipinski definition) is 3. The molecule has 5 nitrogen and oxygen atoms in total. The van der Waals surface area contributed by atoms with Gasteiger partial charge in [0.2, 0.25) is 15.9 Å². The molecule has 134 valence electrons. The van der Waals surface area contributed by atoms with Crippen LogP contribution in [-0.2, 0) is 21.4 Å². The Labute approximate surface area is 149 Å². The number of aryl methyl sites for hydroxylation is 1. The molecule has 0 aliphatic heterocycles. The first-order chi connectivity index (χ1) is 11.8. The molecular formula is C19H24N2O3S. The third-order valence-corrected chi connectivity index (χ3v) is 5.29. The van der Waals surface area contributed by atoms with E-state index in [-0.39, 0.29) is 25.4 Å². The second-order valence-electron chi connectivity index (χ2n) is 6.12. The van der Waals surface area contributed by atoms with E-state index in [1.54, 1.807) is 11.9 Å². The number of hydrogen-bond donors (Lipinski definition) is 0. The monoisotopic (exact) mass is 360 g/mol. The molecule has 0 radical (unpaired) electrons. The summed E-state index contributed by atoms with van der Waals surface area (Å²) < 4.78 is 25.5. The van der Waals surface area contributed by atoms with Gasteiger partial charge in [0.25, 0.3) is 0 Å². The Morgan fingerprint density at radius 1 is 1.00 bits per heavy atom. The second kappa shape index (κ2) is 8.27. The van der Waals surface area contributed by atoms with Crippen molar-refractivity contribution in [1.82, 2.24) is 4.31 Å². The van der Waals surface area contributed by atoms with Gasteiger partial charge in [0.1, 0.15) is 0 Å². The SMILES string of the molecule is Cc1ccc(CN(CCC(=O)N(C)c2ccccc2)S(C)(=O)=O)cc1. The summed E-state index contributed by atoms with van der Waals surface area (Å²) in [6.07, 6.45) is 1.30. The summed E-state index contributed by atoms with van der Waals surface area (Å²) >= 11 is 0. The minimum absolute atomic E-state index is 0.122. The number of sulfonamides is 1. The molecule has 0 saturated carbocycles. The van der Waals surface area contributed by atoms with Crippen LogP contribution in [0.3, 0.4) is 0 Å². The summed E-state index contributed by atoms with van der Waals surface area (Å²) in [7, 11) is -1.70. The van der Waals surface area contributed by atoms with Gasteiger partial charge in [-0.2, -0.15) is 4.31 Å². The van der Waals surface area contributed by atoms with Crippen molar-refractivity contribution in [2.24, 2.45) is 0 Å². The molecule has 0 atom stereocenters. The standard InChI is InChI=1S/C19H24N2O3S/c1-16-9-11-17(12-10-16)15-21(25(3,23)24)14-13-19(22)20(2)18-7-5-4-6-8-18/h4-12H,13-15H2,1-3H3. The number of anilines is 1. The van der Waals surface area contributed by atoms with Crippen LogP contribution in [0, 0.1) is 6.92 Å².